The smallest absolute Gasteiger partial charge is 0.339 e. The molecule has 1 N–H and O–H groups in total. The highest BCUT2D eigenvalue weighted by atomic mass is 32.2. The lowest BCUT2D eigenvalue weighted by molar-refractivity contribution is -0.171. The summed E-state index contributed by atoms with van der Waals surface area (Å²) in [5.41, 5.74) is -1.38. The molecule has 2 aromatic rings. The number of halogens is 2. The number of alkyl halides is 2. The number of hydrogen-bond acceptors (Lipinski definition) is 5. The Hall–Kier alpha value is -2.37. The minimum atomic E-state index is -3.80. The fourth-order valence-corrected chi connectivity index (χ4v) is 6.46. The van der Waals surface area contributed by atoms with Gasteiger partial charge in [0.2, 0.25) is 0 Å². The molecule has 1 aliphatic heterocycles. The zero-order valence-electron chi connectivity index (χ0n) is 19.3. The van der Waals surface area contributed by atoms with Gasteiger partial charge in [-0.2, -0.15) is 13.1 Å². The molecule has 11 heteroatoms. The normalized spacial score (nSPS) is 20.6. The molecule has 2 aliphatic rings. The van der Waals surface area contributed by atoms with Crippen LogP contribution in [0.25, 0.3) is 0 Å². The third kappa shape index (κ3) is 4.73. The summed E-state index contributed by atoms with van der Waals surface area (Å²) in [5, 5.41) is 1.97. The summed E-state index contributed by atoms with van der Waals surface area (Å²) in [6.07, 6.45) is 6.30. The van der Waals surface area contributed by atoms with Crippen molar-refractivity contribution in [3.05, 3.63) is 48.4 Å². The minimum absolute atomic E-state index is 0.0481. The first-order valence-electron chi connectivity index (χ1n) is 11.6. The van der Waals surface area contributed by atoms with Gasteiger partial charge < -0.3 is 4.57 Å². The minimum Gasteiger partial charge on any atom is -0.339 e. The van der Waals surface area contributed by atoms with Crippen LogP contribution in [0, 0.1) is 0 Å². The van der Waals surface area contributed by atoms with Crippen LogP contribution in [0.3, 0.4) is 0 Å². The highest BCUT2D eigenvalue weighted by Gasteiger charge is 2.58. The molecule has 1 aromatic heterocycles. The fraction of sp³-hybridized carbons (Fsp3) is 0.565. The fourth-order valence-electron chi connectivity index (χ4n) is 5.07. The van der Waals surface area contributed by atoms with Crippen molar-refractivity contribution in [2.24, 2.45) is 7.05 Å². The molecule has 1 aliphatic carbocycles. The average molecular weight is 496 g/mol. The van der Waals surface area contributed by atoms with Crippen LogP contribution in [-0.2, 0) is 17.1 Å². The maximum Gasteiger partial charge on any atom is 0.343 e. The molecule has 1 amide bonds. The van der Waals surface area contributed by atoms with Gasteiger partial charge in [-0.1, -0.05) is 43.9 Å². The van der Waals surface area contributed by atoms with E-state index in [1.165, 1.54) is 29.0 Å². The van der Waals surface area contributed by atoms with E-state index in [0.29, 0.717) is 12.8 Å². The number of nitrogens with zero attached hydrogens (tertiary/aromatic N) is 4. The van der Waals surface area contributed by atoms with E-state index in [4.69, 9.17) is 0 Å². The molecule has 2 heterocycles. The van der Waals surface area contributed by atoms with Crippen molar-refractivity contribution >= 4 is 15.9 Å². The van der Waals surface area contributed by atoms with Crippen LogP contribution in [0.1, 0.15) is 48.9 Å². The van der Waals surface area contributed by atoms with Crippen molar-refractivity contribution < 1.29 is 22.0 Å². The molecule has 2 fully saturated rings. The molecule has 0 bridgehead atoms. The van der Waals surface area contributed by atoms with Gasteiger partial charge in [-0.25, -0.2) is 13.4 Å². The Morgan fingerprint density at radius 1 is 1.03 bits per heavy atom. The zero-order chi connectivity index (χ0) is 24.4. The summed E-state index contributed by atoms with van der Waals surface area (Å²) in [4.78, 5) is 18.3. The number of imidazole rings is 1. The highest BCUT2D eigenvalue weighted by Crippen LogP contribution is 2.43. The molecule has 8 nitrogen and oxygen atoms in total. The van der Waals surface area contributed by atoms with Crippen LogP contribution < -0.4 is 5.32 Å². The number of benzene rings is 1. The van der Waals surface area contributed by atoms with Crippen LogP contribution >= 0.6 is 0 Å². The Morgan fingerprint density at radius 2 is 1.65 bits per heavy atom. The van der Waals surface area contributed by atoms with Gasteiger partial charge in [-0.15, -0.1) is 0 Å². The van der Waals surface area contributed by atoms with E-state index in [0.717, 1.165) is 12.8 Å². The van der Waals surface area contributed by atoms with E-state index in [1.54, 1.807) is 34.7 Å². The molecule has 1 saturated carbocycles. The highest BCUT2D eigenvalue weighted by molar-refractivity contribution is 7.89. The number of amides is 1. The molecule has 0 atom stereocenters. The lowest BCUT2D eigenvalue weighted by Gasteiger charge is -2.50. The van der Waals surface area contributed by atoms with Gasteiger partial charge in [-0.3, -0.25) is 15.0 Å². The van der Waals surface area contributed by atoms with Crippen molar-refractivity contribution in [2.45, 2.75) is 55.1 Å². The number of hydrogen-bond donors (Lipinski definition) is 1. The average Bonchev–Trinajstić information content (AvgIpc) is 3.11. The Balaban J connectivity index is 1.55. The lowest BCUT2D eigenvalue weighted by Crippen LogP contribution is -2.69. The second-order valence-corrected chi connectivity index (χ2v) is 11.0. The number of carbonyl (C=O) groups is 1. The summed E-state index contributed by atoms with van der Waals surface area (Å²) < 4.78 is 60.6. The molecule has 1 aromatic carbocycles. The zero-order valence-corrected chi connectivity index (χ0v) is 20.1. The lowest BCUT2D eigenvalue weighted by atomic mass is 9.84. The SMILES string of the molecule is Cn1cnc(S(=O)(=O)N2CCN(C3(C(F)(F)NC(=O)c4ccccc4)CCCCCC3)CC2)c1. The van der Waals surface area contributed by atoms with E-state index in [9.17, 15) is 13.2 Å². The molecule has 34 heavy (non-hydrogen) atoms. The van der Waals surface area contributed by atoms with Crippen LogP contribution in [0.4, 0.5) is 8.78 Å². The Bertz CT molecular complexity index is 1090. The summed E-state index contributed by atoms with van der Waals surface area (Å²) in [7, 11) is -2.11. The van der Waals surface area contributed by atoms with Crippen molar-refractivity contribution in [1.29, 1.82) is 0 Å². The molecule has 0 radical (unpaired) electrons. The molecule has 0 unspecified atom stereocenters. The largest absolute Gasteiger partial charge is 0.343 e. The molecule has 4 rings (SSSR count). The third-order valence-electron chi connectivity index (χ3n) is 6.95. The van der Waals surface area contributed by atoms with Crippen molar-refractivity contribution in [3.8, 4) is 0 Å². The summed E-state index contributed by atoms with van der Waals surface area (Å²) in [6, 6.07) is 4.52. The van der Waals surface area contributed by atoms with Crippen LogP contribution in [0.15, 0.2) is 47.9 Å². The summed E-state index contributed by atoms with van der Waals surface area (Å²) in [5.74, 6) is -0.814. The van der Waals surface area contributed by atoms with Gasteiger partial charge >= 0.3 is 6.05 Å². The standard InChI is InChI=1S/C23H31F2N5O3S/c1-28-17-20(26-18-28)34(32,33)30-15-13-29(14-16-30)22(11-7-2-3-8-12-22)23(24,25)27-21(31)19-9-5-4-6-10-19/h4-6,9-10,17-18H,2-3,7-8,11-16H2,1H3,(H,27,31). The van der Waals surface area contributed by atoms with Gasteiger partial charge in [0.25, 0.3) is 15.9 Å². The monoisotopic (exact) mass is 495 g/mol. The predicted octanol–water partition coefficient (Wildman–Crippen LogP) is 2.84. The molecule has 186 valence electrons. The first kappa shape index (κ1) is 24.7. The van der Waals surface area contributed by atoms with Gasteiger partial charge in [0.05, 0.1) is 6.33 Å². The number of aromatic nitrogens is 2. The predicted molar refractivity (Wildman–Crippen MR) is 123 cm³/mol. The number of aryl methyl sites for hydroxylation is 1. The third-order valence-corrected chi connectivity index (χ3v) is 8.74. The molecule has 1 saturated heterocycles. The van der Waals surface area contributed by atoms with Crippen molar-refractivity contribution in [2.75, 3.05) is 26.2 Å². The quantitative estimate of drug-likeness (QED) is 0.492. The molecular weight excluding hydrogens is 464 g/mol. The van der Waals surface area contributed by atoms with E-state index in [2.05, 4.69) is 4.98 Å². The van der Waals surface area contributed by atoms with E-state index in [1.807, 2.05) is 5.32 Å². The van der Waals surface area contributed by atoms with Crippen LogP contribution in [0.2, 0.25) is 0 Å². The first-order valence-corrected chi connectivity index (χ1v) is 13.1. The van der Waals surface area contributed by atoms with Gasteiger partial charge in [-0.05, 0) is 25.0 Å². The Kier molecular flexibility index (Phi) is 7.07. The number of rotatable bonds is 6. The van der Waals surface area contributed by atoms with Gasteiger partial charge in [0.1, 0.15) is 5.54 Å². The summed E-state index contributed by atoms with van der Waals surface area (Å²) >= 11 is 0. The van der Waals surface area contributed by atoms with Crippen LogP contribution in [0.5, 0.6) is 0 Å². The van der Waals surface area contributed by atoms with Gasteiger partial charge in [0.15, 0.2) is 5.03 Å². The summed E-state index contributed by atoms with van der Waals surface area (Å²) in [6.45, 7) is 0.485. The molecular formula is C23H31F2N5O3S. The maximum atomic E-state index is 15.9. The van der Waals surface area contributed by atoms with Crippen molar-refractivity contribution in [1.82, 2.24) is 24.1 Å². The van der Waals surface area contributed by atoms with E-state index in [-0.39, 0.29) is 49.6 Å². The Labute approximate surface area is 199 Å². The topological polar surface area (TPSA) is 87.5 Å². The second-order valence-electron chi connectivity index (χ2n) is 9.11. The first-order chi connectivity index (χ1) is 16.2. The number of nitrogens with one attached hydrogen (secondary N) is 1. The Morgan fingerprint density at radius 3 is 2.21 bits per heavy atom. The number of piperazine rings is 1. The second kappa shape index (κ2) is 9.71. The van der Waals surface area contributed by atoms with E-state index < -0.39 is 27.5 Å². The maximum absolute atomic E-state index is 15.9. The van der Waals surface area contributed by atoms with E-state index >= 15 is 8.78 Å². The van der Waals surface area contributed by atoms with Crippen molar-refractivity contribution in [3.63, 3.8) is 0 Å². The van der Waals surface area contributed by atoms with Crippen LogP contribution in [-0.4, -0.2) is 70.8 Å². The molecule has 0 spiro atoms. The number of sulfonamides is 1. The van der Waals surface area contributed by atoms with Gasteiger partial charge in [0, 0.05) is 45.0 Å². The number of carbonyl (C=O) groups excluding carboxylic acids is 1.